The summed E-state index contributed by atoms with van der Waals surface area (Å²) in [7, 11) is 0. The van der Waals surface area contributed by atoms with E-state index >= 15 is 0 Å². The minimum Gasteiger partial charge on any atom is -0.338 e. The third kappa shape index (κ3) is 5.38. The molecule has 1 aliphatic carbocycles. The van der Waals surface area contributed by atoms with Crippen LogP contribution in [0.4, 0.5) is 10.5 Å². The number of carbonyl (C=O) groups is 1. The molecule has 1 fully saturated rings. The summed E-state index contributed by atoms with van der Waals surface area (Å²) in [5.41, 5.74) is 7.41. The van der Waals surface area contributed by atoms with Crippen LogP contribution in [0.5, 0.6) is 0 Å². The third-order valence-corrected chi connectivity index (χ3v) is 4.30. The second kappa shape index (κ2) is 8.03. The van der Waals surface area contributed by atoms with Crippen molar-refractivity contribution < 1.29 is 4.79 Å². The maximum atomic E-state index is 11.9. The SMILES string of the molecule is CC1CCCC(CCNC(=O)Nc2cccc(CN)c2)C1. The zero-order valence-electron chi connectivity index (χ0n) is 12.9. The van der Waals surface area contributed by atoms with Gasteiger partial charge in [-0.05, 0) is 42.4 Å². The number of hydrogen-bond donors (Lipinski definition) is 3. The third-order valence-electron chi connectivity index (χ3n) is 4.30. The van der Waals surface area contributed by atoms with Gasteiger partial charge in [-0.2, -0.15) is 0 Å². The first-order chi connectivity index (χ1) is 10.2. The van der Waals surface area contributed by atoms with Crippen LogP contribution < -0.4 is 16.4 Å². The molecule has 0 aromatic heterocycles. The van der Waals surface area contributed by atoms with Gasteiger partial charge in [0.2, 0.25) is 0 Å². The van der Waals surface area contributed by atoms with Gasteiger partial charge in [0.05, 0.1) is 0 Å². The molecule has 2 atom stereocenters. The van der Waals surface area contributed by atoms with Crippen LogP contribution in [0.15, 0.2) is 24.3 Å². The summed E-state index contributed by atoms with van der Waals surface area (Å²) >= 11 is 0. The molecule has 0 spiro atoms. The van der Waals surface area contributed by atoms with Crippen LogP contribution in [-0.4, -0.2) is 12.6 Å². The molecule has 4 N–H and O–H groups in total. The molecule has 1 aromatic carbocycles. The molecule has 0 heterocycles. The quantitative estimate of drug-likeness (QED) is 0.777. The van der Waals surface area contributed by atoms with Gasteiger partial charge in [-0.15, -0.1) is 0 Å². The van der Waals surface area contributed by atoms with E-state index in [0.29, 0.717) is 6.54 Å². The highest BCUT2D eigenvalue weighted by molar-refractivity contribution is 5.89. The Bertz CT molecular complexity index is 461. The molecule has 0 bridgehead atoms. The molecule has 1 aromatic rings. The first-order valence-electron chi connectivity index (χ1n) is 8.01. The first-order valence-corrected chi connectivity index (χ1v) is 8.01. The average Bonchev–Trinajstić information content (AvgIpc) is 2.47. The van der Waals surface area contributed by atoms with Gasteiger partial charge in [-0.3, -0.25) is 0 Å². The molecule has 2 unspecified atom stereocenters. The smallest absolute Gasteiger partial charge is 0.319 e. The van der Waals surface area contributed by atoms with Crippen molar-refractivity contribution in [1.29, 1.82) is 0 Å². The first kappa shape index (κ1) is 15.8. The molecule has 0 saturated heterocycles. The molecule has 1 saturated carbocycles. The summed E-state index contributed by atoms with van der Waals surface area (Å²) in [6, 6.07) is 7.51. The Labute approximate surface area is 127 Å². The summed E-state index contributed by atoms with van der Waals surface area (Å²) in [6.45, 7) is 3.56. The van der Waals surface area contributed by atoms with E-state index in [1.54, 1.807) is 0 Å². The van der Waals surface area contributed by atoms with Gasteiger partial charge >= 0.3 is 6.03 Å². The van der Waals surface area contributed by atoms with Gasteiger partial charge in [0, 0.05) is 18.8 Å². The summed E-state index contributed by atoms with van der Waals surface area (Å²) in [5.74, 6) is 1.62. The topological polar surface area (TPSA) is 67.2 Å². The van der Waals surface area contributed by atoms with Crippen LogP contribution in [0.2, 0.25) is 0 Å². The van der Waals surface area contributed by atoms with Crippen molar-refractivity contribution in [3.8, 4) is 0 Å². The molecule has 2 rings (SSSR count). The Morgan fingerprint density at radius 3 is 3.00 bits per heavy atom. The van der Waals surface area contributed by atoms with Crippen LogP contribution in [0.25, 0.3) is 0 Å². The van der Waals surface area contributed by atoms with Gasteiger partial charge in [-0.25, -0.2) is 4.79 Å². The van der Waals surface area contributed by atoms with Crippen molar-refractivity contribution in [3.63, 3.8) is 0 Å². The number of benzene rings is 1. The highest BCUT2D eigenvalue weighted by atomic mass is 16.2. The minimum absolute atomic E-state index is 0.131. The monoisotopic (exact) mass is 289 g/mol. The number of urea groups is 1. The summed E-state index contributed by atoms with van der Waals surface area (Å²) in [6.07, 6.45) is 6.40. The molecule has 4 nitrogen and oxygen atoms in total. The van der Waals surface area contributed by atoms with E-state index in [4.69, 9.17) is 5.73 Å². The van der Waals surface area contributed by atoms with Gasteiger partial charge in [-0.1, -0.05) is 38.3 Å². The lowest BCUT2D eigenvalue weighted by Crippen LogP contribution is -2.31. The van der Waals surface area contributed by atoms with Gasteiger partial charge in [0.15, 0.2) is 0 Å². The minimum atomic E-state index is -0.131. The Kier molecular flexibility index (Phi) is 6.05. The lowest BCUT2D eigenvalue weighted by molar-refractivity contribution is 0.245. The Morgan fingerprint density at radius 2 is 2.24 bits per heavy atom. The number of nitrogens with one attached hydrogen (secondary N) is 2. The van der Waals surface area contributed by atoms with Crippen molar-refractivity contribution in [2.24, 2.45) is 17.6 Å². The summed E-state index contributed by atoms with van der Waals surface area (Å²) in [5, 5.41) is 5.81. The highest BCUT2D eigenvalue weighted by Gasteiger charge is 2.18. The lowest BCUT2D eigenvalue weighted by Gasteiger charge is -2.26. The standard InChI is InChI=1S/C17H27N3O/c1-13-4-2-5-14(10-13)8-9-19-17(21)20-16-7-3-6-15(11-16)12-18/h3,6-7,11,13-14H,2,4-5,8-10,12,18H2,1H3,(H2,19,20,21). The van der Waals surface area contributed by atoms with E-state index < -0.39 is 0 Å². The molecule has 21 heavy (non-hydrogen) atoms. The van der Waals surface area contributed by atoms with Crippen molar-refractivity contribution in [1.82, 2.24) is 5.32 Å². The van der Waals surface area contributed by atoms with E-state index in [1.807, 2.05) is 24.3 Å². The van der Waals surface area contributed by atoms with Crippen molar-refractivity contribution in [2.45, 2.75) is 45.6 Å². The average molecular weight is 289 g/mol. The van der Waals surface area contributed by atoms with Crippen molar-refractivity contribution in [3.05, 3.63) is 29.8 Å². The molecule has 0 radical (unpaired) electrons. The number of hydrogen-bond acceptors (Lipinski definition) is 2. The van der Waals surface area contributed by atoms with Crippen molar-refractivity contribution in [2.75, 3.05) is 11.9 Å². The fourth-order valence-electron chi connectivity index (χ4n) is 3.16. The Balaban J connectivity index is 1.69. The van der Waals surface area contributed by atoms with Gasteiger partial charge in [0.25, 0.3) is 0 Å². The predicted molar refractivity (Wildman–Crippen MR) is 87.1 cm³/mol. The summed E-state index contributed by atoms with van der Waals surface area (Å²) < 4.78 is 0. The molecule has 116 valence electrons. The maximum absolute atomic E-state index is 11.9. The fraction of sp³-hybridized carbons (Fsp3) is 0.588. The maximum Gasteiger partial charge on any atom is 0.319 e. The highest BCUT2D eigenvalue weighted by Crippen LogP contribution is 2.30. The Hall–Kier alpha value is -1.55. The summed E-state index contributed by atoms with van der Waals surface area (Å²) in [4.78, 5) is 11.9. The molecule has 1 aliphatic rings. The number of nitrogens with two attached hydrogens (primary N) is 1. The second-order valence-electron chi connectivity index (χ2n) is 6.21. The number of carbonyl (C=O) groups excluding carboxylic acids is 1. The van der Waals surface area contributed by atoms with E-state index in [9.17, 15) is 4.79 Å². The molecule has 2 amide bonds. The van der Waals surface area contributed by atoms with Gasteiger partial charge in [0.1, 0.15) is 0 Å². The van der Waals surface area contributed by atoms with Gasteiger partial charge < -0.3 is 16.4 Å². The van der Waals surface area contributed by atoms with Crippen molar-refractivity contribution >= 4 is 11.7 Å². The van der Waals surface area contributed by atoms with Crippen LogP contribution in [0, 0.1) is 11.8 Å². The van der Waals surface area contributed by atoms with Crippen LogP contribution in [0.3, 0.4) is 0 Å². The molecular weight excluding hydrogens is 262 g/mol. The van der Waals surface area contributed by atoms with E-state index in [1.165, 1.54) is 25.7 Å². The fourth-order valence-corrected chi connectivity index (χ4v) is 3.16. The second-order valence-corrected chi connectivity index (χ2v) is 6.21. The normalized spacial score (nSPS) is 21.8. The largest absolute Gasteiger partial charge is 0.338 e. The zero-order chi connectivity index (χ0) is 15.1. The molecule has 4 heteroatoms. The zero-order valence-corrected chi connectivity index (χ0v) is 12.9. The van der Waals surface area contributed by atoms with E-state index in [0.717, 1.165) is 36.1 Å². The lowest BCUT2D eigenvalue weighted by atomic mass is 9.81. The van der Waals surface area contributed by atoms with E-state index in [2.05, 4.69) is 17.6 Å². The Morgan fingerprint density at radius 1 is 1.38 bits per heavy atom. The molecular formula is C17H27N3O. The number of rotatable bonds is 5. The predicted octanol–water partition coefficient (Wildman–Crippen LogP) is 3.48. The van der Waals surface area contributed by atoms with Crippen LogP contribution in [-0.2, 0) is 6.54 Å². The molecule has 0 aliphatic heterocycles. The number of anilines is 1. The van der Waals surface area contributed by atoms with Crippen LogP contribution >= 0.6 is 0 Å². The van der Waals surface area contributed by atoms with Crippen LogP contribution in [0.1, 0.15) is 44.6 Å². The van der Waals surface area contributed by atoms with E-state index in [-0.39, 0.29) is 6.03 Å². The number of amides is 2.